The lowest BCUT2D eigenvalue weighted by atomic mass is 10.1. The van der Waals surface area contributed by atoms with Gasteiger partial charge in [0.25, 0.3) is 0 Å². The van der Waals surface area contributed by atoms with Gasteiger partial charge >= 0.3 is 0 Å². The van der Waals surface area contributed by atoms with Crippen molar-refractivity contribution >= 4 is 35.6 Å². The van der Waals surface area contributed by atoms with Gasteiger partial charge in [0.15, 0.2) is 5.96 Å². The monoisotopic (exact) mass is 483 g/mol. The maximum Gasteiger partial charge on any atom is 0.196 e. The van der Waals surface area contributed by atoms with Crippen LogP contribution in [0.1, 0.15) is 17.5 Å². The summed E-state index contributed by atoms with van der Waals surface area (Å²) < 4.78 is 10.5. The number of nitrogens with zero attached hydrogens (tertiary/aromatic N) is 1. The number of nitrogens with one attached hydrogen (secondary N) is 2. The Kier molecular flexibility index (Phi) is 12.5. The zero-order chi connectivity index (χ0) is 18.5. The van der Waals surface area contributed by atoms with E-state index >= 15 is 0 Å². The fraction of sp³-hybridized carbons (Fsp3) is 0.381. The molecular formula is C21H30IN3O2. The van der Waals surface area contributed by atoms with Gasteiger partial charge in [-0.05, 0) is 31.0 Å². The van der Waals surface area contributed by atoms with Gasteiger partial charge in [-0.25, -0.2) is 4.99 Å². The molecule has 0 aliphatic carbocycles. The number of hydrogen-bond acceptors (Lipinski definition) is 3. The van der Waals surface area contributed by atoms with E-state index < -0.39 is 0 Å². The Hall–Kier alpha value is -1.64. The van der Waals surface area contributed by atoms with Crippen LogP contribution in [0.5, 0.6) is 0 Å². The maximum absolute atomic E-state index is 5.49. The number of rotatable bonds is 10. The molecule has 0 unspecified atom stereocenters. The average molecular weight is 483 g/mol. The van der Waals surface area contributed by atoms with E-state index in [-0.39, 0.29) is 24.0 Å². The zero-order valence-corrected chi connectivity index (χ0v) is 18.4. The third kappa shape index (κ3) is 10.3. The minimum Gasteiger partial charge on any atom is -0.382 e. The van der Waals surface area contributed by atoms with E-state index in [0.29, 0.717) is 26.4 Å². The van der Waals surface area contributed by atoms with Crippen molar-refractivity contribution in [2.75, 3.05) is 38.8 Å². The molecule has 148 valence electrons. The van der Waals surface area contributed by atoms with Crippen LogP contribution in [-0.2, 0) is 16.0 Å². The molecule has 2 N–H and O–H groups in total. The molecule has 5 nitrogen and oxygen atoms in total. The molecule has 0 heterocycles. The quantitative estimate of drug-likeness (QED) is 0.230. The number of aliphatic imine (C=N–C) groups is 1. The number of hydrogen-bond donors (Lipinski definition) is 2. The molecule has 0 amide bonds. The molecule has 0 aliphatic rings. The molecule has 2 aromatic rings. The third-order valence-electron chi connectivity index (χ3n) is 3.77. The van der Waals surface area contributed by atoms with Crippen molar-refractivity contribution in [3.8, 4) is 0 Å². The Morgan fingerprint density at radius 3 is 2.41 bits per heavy atom. The first-order valence-electron chi connectivity index (χ1n) is 9.00. The van der Waals surface area contributed by atoms with Gasteiger partial charge in [0.2, 0.25) is 0 Å². The van der Waals surface area contributed by atoms with Crippen molar-refractivity contribution in [1.82, 2.24) is 5.32 Å². The predicted octanol–water partition coefficient (Wildman–Crippen LogP) is 4.22. The lowest BCUT2D eigenvalue weighted by Crippen LogP contribution is -2.32. The van der Waals surface area contributed by atoms with Gasteiger partial charge in [-0.1, -0.05) is 48.0 Å². The van der Waals surface area contributed by atoms with Crippen molar-refractivity contribution in [3.63, 3.8) is 0 Å². The summed E-state index contributed by atoms with van der Waals surface area (Å²) in [6.45, 7) is 5.48. The summed E-state index contributed by atoms with van der Waals surface area (Å²) in [5.41, 5.74) is 3.46. The molecule has 0 aliphatic heterocycles. The summed E-state index contributed by atoms with van der Waals surface area (Å²) in [4.78, 5) is 4.70. The summed E-state index contributed by atoms with van der Waals surface area (Å²) in [6.07, 6.45) is 0.906. The Balaban J connectivity index is 0.00000364. The average Bonchev–Trinajstić information content (AvgIpc) is 2.67. The zero-order valence-electron chi connectivity index (χ0n) is 16.1. The van der Waals surface area contributed by atoms with Crippen LogP contribution >= 0.6 is 24.0 Å². The number of para-hydroxylation sites is 1. The van der Waals surface area contributed by atoms with Gasteiger partial charge in [-0.15, -0.1) is 24.0 Å². The third-order valence-corrected chi connectivity index (χ3v) is 3.77. The summed E-state index contributed by atoms with van der Waals surface area (Å²) in [7, 11) is 1.68. The van der Waals surface area contributed by atoms with E-state index in [1.807, 2.05) is 30.3 Å². The number of aryl methyl sites for hydroxylation is 1. The van der Waals surface area contributed by atoms with Crippen LogP contribution < -0.4 is 10.6 Å². The fourth-order valence-electron chi connectivity index (χ4n) is 2.29. The van der Waals surface area contributed by atoms with Crippen molar-refractivity contribution < 1.29 is 9.47 Å². The SMILES string of the molecule is COCCOCCCNC(=NCc1ccc(C)cc1)Nc1ccccc1.I. The smallest absolute Gasteiger partial charge is 0.196 e. The minimum absolute atomic E-state index is 0. The van der Waals surface area contributed by atoms with E-state index in [4.69, 9.17) is 14.5 Å². The molecule has 0 radical (unpaired) electrons. The topological polar surface area (TPSA) is 54.9 Å². The molecule has 6 heteroatoms. The summed E-state index contributed by atoms with van der Waals surface area (Å²) in [5.74, 6) is 0.772. The lowest BCUT2D eigenvalue weighted by molar-refractivity contribution is 0.0699. The van der Waals surface area contributed by atoms with E-state index in [1.165, 1.54) is 11.1 Å². The molecule has 2 rings (SSSR count). The largest absolute Gasteiger partial charge is 0.382 e. The second-order valence-electron chi connectivity index (χ2n) is 6.03. The number of guanidine groups is 1. The fourth-order valence-corrected chi connectivity index (χ4v) is 2.29. The predicted molar refractivity (Wildman–Crippen MR) is 123 cm³/mol. The number of halogens is 1. The number of ether oxygens (including phenoxy) is 2. The standard InChI is InChI=1S/C21H29N3O2.HI/c1-18-9-11-19(12-10-18)17-23-21(24-20-7-4-3-5-8-20)22-13-6-14-26-16-15-25-2;/h3-5,7-12H,6,13-17H2,1-2H3,(H2,22,23,24);1H. The molecular weight excluding hydrogens is 453 g/mol. The molecule has 0 fully saturated rings. The maximum atomic E-state index is 5.49. The van der Waals surface area contributed by atoms with E-state index in [2.05, 4.69) is 41.8 Å². The first-order valence-corrected chi connectivity index (χ1v) is 9.00. The molecule has 0 aromatic heterocycles. The van der Waals surface area contributed by atoms with Crippen LogP contribution in [-0.4, -0.2) is 39.4 Å². The van der Waals surface area contributed by atoms with Crippen LogP contribution in [0.25, 0.3) is 0 Å². The lowest BCUT2D eigenvalue weighted by Gasteiger charge is -2.13. The van der Waals surface area contributed by atoms with Crippen molar-refractivity contribution in [2.45, 2.75) is 19.9 Å². The Morgan fingerprint density at radius 2 is 1.70 bits per heavy atom. The highest BCUT2D eigenvalue weighted by Gasteiger charge is 2.00. The minimum atomic E-state index is 0. The van der Waals surface area contributed by atoms with E-state index in [1.54, 1.807) is 7.11 Å². The van der Waals surface area contributed by atoms with Gasteiger partial charge in [-0.2, -0.15) is 0 Å². The number of methoxy groups -OCH3 is 1. The number of anilines is 1. The van der Waals surface area contributed by atoms with E-state index in [0.717, 1.165) is 24.6 Å². The normalized spacial score (nSPS) is 11.0. The summed E-state index contributed by atoms with van der Waals surface area (Å²) in [5, 5.41) is 6.72. The van der Waals surface area contributed by atoms with Crippen LogP contribution in [0.3, 0.4) is 0 Å². The van der Waals surface area contributed by atoms with Gasteiger partial charge in [0.05, 0.1) is 19.8 Å². The molecule has 27 heavy (non-hydrogen) atoms. The van der Waals surface area contributed by atoms with Crippen LogP contribution in [0.4, 0.5) is 5.69 Å². The highest BCUT2D eigenvalue weighted by molar-refractivity contribution is 14.0. The highest BCUT2D eigenvalue weighted by Crippen LogP contribution is 2.07. The number of benzene rings is 2. The molecule has 0 spiro atoms. The van der Waals surface area contributed by atoms with E-state index in [9.17, 15) is 0 Å². The molecule has 0 saturated carbocycles. The second kappa shape index (κ2) is 14.4. The highest BCUT2D eigenvalue weighted by atomic mass is 127. The Labute approximate surface area is 179 Å². The van der Waals surface area contributed by atoms with Crippen molar-refractivity contribution in [3.05, 3.63) is 65.7 Å². The first-order chi connectivity index (χ1) is 12.8. The Bertz CT molecular complexity index is 648. The van der Waals surface area contributed by atoms with Crippen molar-refractivity contribution in [2.24, 2.45) is 4.99 Å². The second-order valence-corrected chi connectivity index (χ2v) is 6.03. The molecule has 0 bridgehead atoms. The molecule has 2 aromatic carbocycles. The van der Waals surface area contributed by atoms with Gasteiger partial charge in [0.1, 0.15) is 0 Å². The van der Waals surface area contributed by atoms with Gasteiger partial charge < -0.3 is 20.1 Å². The van der Waals surface area contributed by atoms with Gasteiger partial charge in [0, 0.05) is 25.9 Å². The molecule has 0 saturated heterocycles. The van der Waals surface area contributed by atoms with Crippen LogP contribution in [0, 0.1) is 6.92 Å². The summed E-state index contributed by atoms with van der Waals surface area (Å²) in [6, 6.07) is 18.5. The summed E-state index contributed by atoms with van der Waals surface area (Å²) >= 11 is 0. The first kappa shape index (κ1) is 23.4. The Morgan fingerprint density at radius 1 is 0.963 bits per heavy atom. The molecule has 0 atom stereocenters. The van der Waals surface area contributed by atoms with Gasteiger partial charge in [-0.3, -0.25) is 0 Å². The van der Waals surface area contributed by atoms with Crippen LogP contribution in [0.2, 0.25) is 0 Å². The van der Waals surface area contributed by atoms with Crippen LogP contribution in [0.15, 0.2) is 59.6 Å². The van der Waals surface area contributed by atoms with Crippen molar-refractivity contribution in [1.29, 1.82) is 0 Å².